The molecule has 6 rings (SSSR count). The van der Waals surface area contributed by atoms with Crippen LogP contribution < -0.4 is 113 Å². The summed E-state index contributed by atoms with van der Waals surface area (Å²) in [5.74, 6) is 0.634. The van der Waals surface area contributed by atoms with Crippen LogP contribution in [0.15, 0.2) is 108 Å². The number of halogens is 1. The van der Waals surface area contributed by atoms with E-state index in [-0.39, 0.29) is 146 Å². The molecule has 290 valence electrons. The van der Waals surface area contributed by atoms with Gasteiger partial charge in [-0.25, -0.2) is 0 Å². The molecule has 2 aliphatic rings. The molecule has 0 saturated carbocycles. The summed E-state index contributed by atoms with van der Waals surface area (Å²) in [6.07, 6.45) is 3.07. The Morgan fingerprint density at radius 3 is 1.50 bits per heavy atom. The number of ether oxygens (including phenoxy) is 1. The van der Waals surface area contributed by atoms with Crippen LogP contribution in [0.1, 0.15) is 53.5 Å². The molecule has 0 unspecified atom stereocenters. The van der Waals surface area contributed by atoms with Gasteiger partial charge < -0.3 is 41.4 Å². The summed E-state index contributed by atoms with van der Waals surface area (Å²) in [6, 6.07) is 29.9. The molecule has 0 aromatic heterocycles. The van der Waals surface area contributed by atoms with Gasteiger partial charge in [0.25, 0.3) is 6.47 Å². The Kier molecular flexibility index (Phi) is 28.8. The van der Waals surface area contributed by atoms with E-state index in [1.807, 2.05) is 18.2 Å². The van der Waals surface area contributed by atoms with E-state index in [1.165, 1.54) is 57.7 Å². The molecule has 0 atom stereocenters. The maximum atomic E-state index is 11.2. The van der Waals surface area contributed by atoms with Gasteiger partial charge in [-0.05, 0) is 84.6 Å². The number of carbonyl (C=O) groups is 3. The summed E-state index contributed by atoms with van der Waals surface area (Å²) in [6.45, 7) is 4.24. The second-order valence-corrected chi connectivity index (χ2v) is 12.4. The van der Waals surface area contributed by atoms with E-state index in [9.17, 15) is 14.7 Å². The summed E-state index contributed by atoms with van der Waals surface area (Å²) in [5, 5.41) is 36.0. The van der Waals surface area contributed by atoms with Crippen molar-refractivity contribution >= 4 is 41.8 Å². The maximum absolute atomic E-state index is 11.2. The molecule has 0 fully saturated rings. The number of phenolic OH excluding ortho intramolecular Hbond substituents is 3. The van der Waals surface area contributed by atoms with Crippen LogP contribution in [0.4, 0.5) is 0 Å². The number of hydrogen-bond donors (Lipinski definition) is 3. The summed E-state index contributed by atoms with van der Waals surface area (Å²) in [5.41, 5.74) is 7.99. The summed E-state index contributed by atoms with van der Waals surface area (Å²) < 4.78 is 5.87. The van der Waals surface area contributed by atoms with Crippen molar-refractivity contribution < 1.29 is 149 Å². The molecule has 0 bridgehead atoms. The van der Waals surface area contributed by atoms with Crippen molar-refractivity contribution in [2.75, 3.05) is 52.8 Å². The van der Waals surface area contributed by atoms with E-state index >= 15 is 0 Å². The second kappa shape index (κ2) is 29.9. The van der Waals surface area contributed by atoms with E-state index in [0.29, 0.717) is 30.8 Å². The third-order valence-electron chi connectivity index (χ3n) is 8.49. The Morgan fingerprint density at radius 1 is 0.679 bits per heavy atom. The number of phenols is 3. The van der Waals surface area contributed by atoms with Crippen molar-refractivity contribution in [2.24, 2.45) is 0 Å². The average Bonchev–Trinajstić information content (AvgIpc) is 3.19. The fourth-order valence-corrected chi connectivity index (χ4v) is 5.95. The maximum Gasteiger partial charge on any atom is 1.00 e. The topological polar surface area (TPSA) is 160 Å². The molecule has 2 aliphatic heterocycles. The van der Waals surface area contributed by atoms with Crippen LogP contribution in [-0.2, 0) is 9.68 Å². The molecule has 0 aliphatic carbocycles. The van der Waals surface area contributed by atoms with E-state index in [1.54, 1.807) is 12.1 Å². The van der Waals surface area contributed by atoms with E-state index in [0.717, 1.165) is 39.0 Å². The summed E-state index contributed by atoms with van der Waals surface area (Å²) >= 11 is 6.00. The Hall–Kier alpha value is -2.19. The van der Waals surface area contributed by atoms with Gasteiger partial charge >= 0.3 is 103 Å². The minimum Gasteiger partial charge on any atom is -1.00 e. The average molecular weight is 840 g/mol. The molecule has 0 spiro atoms. The fourth-order valence-electron chi connectivity index (χ4n) is 5.65. The van der Waals surface area contributed by atoms with Crippen LogP contribution in [-0.4, -0.2) is 96.9 Å². The minimum atomic E-state index is -0.199. The molecule has 3 N–H and O–H groups in total. The van der Waals surface area contributed by atoms with Crippen LogP contribution in [0, 0.1) is 0 Å². The Morgan fingerprint density at radius 2 is 1.09 bits per heavy atom. The van der Waals surface area contributed by atoms with Crippen molar-refractivity contribution in [3.63, 3.8) is 0 Å². The van der Waals surface area contributed by atoms with E-state index < -0.39 is 0 Å². The van der Waals surface area contributed by atoms with E-state index in [4.69, 9.17) is 36.6 Å². The predicted octanol–water partition coefficient (Wildman–Crippen LogP) is 0.489. The smallest absolute Gasteiger partial charge is 1.00 e. The fraction of sp³-hybridized carbons (Fsp3) is 0.262. The van der Waals surface area contributed by atoms with Gasteiger partial charge in [0, 0.05) is 32.1 Å². The number of aromatic hydroxyl groups is 3. The van der Waals surface area contributed by atoms with E-state index in [2.05, 4.69) is 71.2 Å². The Bertz CT molecular complexity index is 1830. The van der Waals surface area contributed by atoms with Crippen LogP contribution in [0.5, 0.6) is 23.0 Å². The molecular weight excluding hydrogens is 790 g/mol. The van der Waals surface area contributed by atoms with Gasteiger partial charge in [0.05, 0.1) is 11.1 Å². The largest absolute Gasteiger partial charge is 1.00 e. The predicted molar refractivity (Wildman–Crippen MR) is 211 cm³/mol. The number of benzene rings is 4. The molecule has 14 heteroatoms. The molecule has 2 heterocycles. The van der Waals surface area contributed by atoms with Gasteiger partial charge in [0.1, 0.15) is 29.6 Å². The first-order valence-corrected chi connectivity index (χ1v) is 17.2. The third-order valence-corrected chi connectivity index (χ3v) is 8.81. The number of aldehydes is 2. The van der Waals surface area contributed by atoms with Gasteiger partial charge in [-0.2, -0.15) is 0 Å². The normalized spacial score (nSPS) is 13.5. The molecule has 0 saturated heterocycles. The van der Waals surface area contributed by atoms with Crippen molar-refractivity contribution in [2.45, 2.75) is 20.3 Å². The molecule has 4 aromatic carbocycles. The first kappa shape index (κ1) is 53.8. The molecule has 56 heavy (non-hydrogen) atoms. The van der Waals surface area contributed by atoms with Crippen LogP contribution in [0.3, 0.4) is 0 Å². The third kappa shape index (κ3) is 17.3. The Balaban J connectivity index is 0. The minimum absolute atomic E-state index is 0. The molecule has 4 aromatic rings. The number of rotatable bonds is 9. The van der Waals surface area contributed by atoms with Crippen LogP contribution in [0.25, 0.3) is 11.1 Å². The van der Waals surface area contributed by atoms with Crippen molar-refractivity contribution in [1.82, 2.24) is 9.80 Å². The van der Waals surface area contributed by atoms with Crippen molar-refractivity contribution in [3.8, 4) is 23.0 Å². The first-order valence-electron chi connectivity index (χ1n) is 16.7. The summed E-state index contributed by atoms with van der Waals surface area (Å²) in [7, 11) is 4.27. The van der Waals surface area contributed by atoms with Gasteiger partial charge in [-0.15, -0.1) is 11.6 Å². The zero-order valence-corrected chi connectivity index (χ0v) is 38.7. The SMILES string of the molecule is C.CN1CCC(CCl)=C(c2ccccc2)C1.CN1CCC(COc2cccc(O)c2C=O)=C(c2ccccc2)C1.O=CO[O-].O=Cc1c(O)cccc1O.[H-].[K+].[K+]. The van der Waals surface area contributed by atoms with Crippen LogP contribution >= 0.6 is 11.6 Å². The number of hydrogen-bond acceptors (Lipinski definition) is 11. The molecule has 11 nitrogen and oxygen atoms in total. The number of nitrogens with zero attached hydrogens (tertiary/aromatic N) is 2. The van der Waals surface area contributed by atoms with Gasteiger partial charge in [0.15, 0.2) is 12.6 Å². The zero-order valence-electron chi connectivity index (χ0n) is 32.7. The standard InChI is InChI=1S/C20H21NO3.C13H16ClN.C7H6O3.CH2O3.CH4.2K.H/c1-21-11-10-16(17(12-21)15-6-3-2-4-7-15)14-24-20-9-5-8-19(23)18(20)13-22;1-15-8-7-12(9-14)13(10-15)11-5-3-2-4-6-11;8-4-5-6(9)2-1-3-7(5)10;2-1-4-3;;;;/h2-9,13,23H,10-12,14H2,1H3;2-6H,7-10H2,1H3;1-4,9-10H;1,3H;1H4;;;/q;;;;;2*+1;-1/p-1. The molecule has 0 radical (unpaired) electrons. The summed E-state index contributed by atoms with van der Waals surface area (Å²) in [4.78, 5) is 37.2. The van der Waals surface area contributed by atoms with Crippen LogP contribution in [0.2, 0.25) is 0 Å². The van der Waals surface area contributed by atoms with Crippen molar-refractivity contribution in [3.05, 3.63) is 130 Å². The second-order valence-electron chi connectivity index (χ2n) is 12.1. The zero-order chi connectivity index (χ0) is 38.6. The monoisotopic (exact) mass is 838 g/mol. The molecule has 0 amide bonds. The number of likely N-dealkylation sites (N-methyl/N-ethyl adjacent to an activating group) is 2. The van der Waals surface area contributed by atoms with Gasteiger partial charge in [0.2, 0.25) is 0 Å². The number of alkyl halides is 1. The quantitative estimate of drug-likeness (QED) is 0.0709. The van der Waals surface area contributed by atoms with Crippen molar-refractivity contribution in [1.29, 1.82) is 0 Å². The first-order chi connectivity index (χ1) is 25.7. The van der Waals surface area contributed by atoms with Gasteiger partial charge in [-0.3, -0.25) is 14.4 Å². The molecular formula is C42H49ClK2N2O9. The Labute approximate surface area is 421 Å². The van der Waals surface area contributed by atoms with Gasteiger partial charge in [-0.1, -0.05) is 80.2 Å². The number of carbonyl (C=O) groups excluding carboxylic acids is 3.